The second-order valence-electron chi connectivity index (χ2n) is 11.7. The molecule has 9 aromatic carbocycles. The third-order valence-electron chi connectivity index (χ3n) is 9.15. The third kappa shape index (κ3) is 4.09. The van der Waals surface area contributed by atoms with Crippen LogP contribution < -0.4 is 4.90 Å². The van der Waals surface area contributed by atoms with Gasteiger partial charge in [0.25, 0.3) is 0 Å². The zero-order valence-corrected chi connectivity index (χ0v) is 24.7. The van der Waals surface area contributed by atoms with Crippen LogP contribution >= 0.6 is 0 Å². The van der Waals surface area contributed by atoms with E-state index in [9.17, 15) is 0 Å². The molecule has 0 atom stereocenters. The van der Waals surface area contributed by atoms with Gasteiger partial charge in [0, 0.05) is 22.1 Å². The smallest absolute Gasteiger partial charge is 0.0618 e. The van der Waals surface area contributed by atoms with Crippen LogP contribution in [0.4, 0.5) is 17.1 Å². The van der Waals surface area contributed by atoms with Crippen LogP contribution in [0.25, 0.3) is 65.0 Å². The van der Waals surface area contributed by atoms with Gasteiger partial charge in [-0.3, -0.25) is 0 Å². The van der Waals surface area contributed by atoms with E-state index in [0.717, 1.165) is 11.4 Å². The average molecular weight is 572 g/mol. The van der Waals surface area contributed by atoms with E-state index in [2.05, 4.69) is 181 Å². The van der Waals surface area contributed by atoms with Crippen LogP contribution in [0.1, 0.15) is 0 Å². The molecule has 0 unspecified atom stereocenters. The fourth-order valence-electron chi connectivity index (χ4n) is 7.19. The molecule has 1 heteroatoms. The minimum absolute atomic E-state index is 1.13. The topological polar surface area (TPSA) is 3.24 Å². The van der Waals surface area contributed by atoms with Crippen LogP contribution in [-0.2, 0) is 0 Å². The first-order valence-corrected chi connectivity index (χ1v) is 15.5. The summed E-state index contributed by atoms with van der Waals surface area (Å²) < 4.78 is 0. The minimum atomic E-state index is 1.13. The van der Waals surface area contributed by atoms with Crippen LogP contribution in [0.15, 0.2) is 176 Å². The number of fused-ring (bicyclic) bond motifs is 6. The highest BCUT2D eigenvalue weighted by molar-refractivity contribution is 6.27. The monoisotopic (exact) mass is 571 g/mol. The number of anilines is 3. The first kappa shape index (κ1) is 25.6. The molecule has 0 saturated carbocycles. The van der Waals surface area contributed by atoms with Gasteiger partial charge in [-0.05, 0) is 96.7 Å². The number of hydrogen-bond donors (Lipinski definition) is 0. The summed E-state index contributed by atoms with van der Waals surface area (Å²) in [6.07, 6.45) is 0. The molecular formula is C44H29N. The largest absolute Gasteiger partial charge is 0.309 e. The van der Waals surface area contributed by atoms with E-state index >= 15 is 0 Å². The molecule has 9 rings (SSSR count). The Morgan fingerprint density at radius 3 is 1.27 bits per heavy atom. The molecule has 0 aliphatic heterocycles. The summed E-state index contributed by atoms with van der Waals surface area (Å²) in [6.45, 7) is 0. The van der Waals surface area contributed by atoms with E-state index in [1.165, 1.54) is 70.7 Å². The van der Waals surface area contributed by atoms with Crippen molar-refractivity contribution in [1.29, 1.82) is 0 Å². The van der Waals surface area contributed by atoms with Crippen molar-refractivity contribution < 1.29 is 0 Å². The van der Waals surface area contributed by atoms with Gasteiger partial charge in [-0.2, -0.15) is 0 Å². The van der Waals surface area contributed by atoms with Crippen molar-refractivity contribution >= 4 is 70.9 Å². The van der Waals surface area contributed by atoms with E-state index < -0.39 is 0 Å². The van der Waals surface area contributed by atoms with Gasteiger partial charge in [0.2, 0.25) is 0 Å². The maximum atomic E-state index is 2.42. The Balaban J connectivity index is 1.46. The van der Waals surface area contributed by atoms with Crippen molar-refractivity contribution in [1.82, 2.24) is 0 Å². The molecule has 0 amide bonds. The number of nitrogens with zero attached hydrogens (tertiary/aromatic N) is 1. The normalized spacial score (nSPS) is 11.6. The zero-order chi connectivity index (χ0) is 29.7. The average Bonchev–Trinajstić information content (AvgIpc) is 3.11. The van der Waals surface area contributed by atoms with Gasteiger partial charge in [0.15, 0.2) is 0 Å². The number of rotatable bonds is 4. The molecule has 0 spiro atoms. The highest BCUT2D eigenvalue weighted by atomic mass is 15.1. The summed E-state index contributed by atoms with van der Waals surface area (Å²) in [6, 6.07) is 64.0. The predicted octanol–water partition coefficient (Wildman–Crippen LogP) is 12.6. The molecule has 9 aromatic rings. The first-order chi connectivity index (χ1) is 22.3. The Hall–Kier alpha value is -5.92. The molecule has 0 N–H and O–H groups in total. The lowest BCUT2D eigenvalue weighted by molar-refractivity contribution is 1.31. The van der Waals surface area contributed by atoms with Gasteiger partial charge in [-0.15, -0.1) is 0 Å². The van der Waals surface area contributed by atoms with E-state index in [4.69, 9.17) is 0 Å². The van der Waals surface area contributed by atoms with Crippen molar-refractivity contribution in [3.05, 3.63) is 176 Å². The quantitative estimate of drug-likeness (QED) is 0.150. The van der Waals surface area contributed by atoms with Crippen molar-refractivity contribution in [2.24, 2.45) is 0 Å². The van der Waals surface area contributed by atoms with E-state index in [1.54, 1.807) is 0 Å². The molecule has 0 bridgehead atoms. The molecule has 0 heterocycles. The Labute approximate surface area is 262 Å². The number of hydrogen-bond acceptors (Lipinski definition) is 1. The fraction of sp³-hybridized carbons (Fsp3) is 0. The molecular weight excluding hydrogens is 542 g/mol. The molecule has 1 nitrogen and oxygen atoms in total. The molecule has 0 radical (unpaired) electrons. The summed E-state index contributed by atoms with van der Waals surface area (Å²) in [5.74, 6) is 0. The van der Waals surface area contributed by atoms with Crippen LogP contribution in [-0.4, -0.2) is 0 Å². The van der Waals surface area contributed by atoms with Gasteiger partial charge in [-0.25, -0.2) is 0 Å². The lowest BCUT2D eigenvalue weighted by Crippen LogP contribution is -2.11. The maximum absolute atomic E-state index is 2.42. The second-order valence-corrected chi connectivity index (χ2v) is 11.7. The van der Waals surface area contributed by atoms with Gasteiger partial charge in [0.05, 0.1) is 5.69 Å². The second kappa shape index (κ2) is 10.4. The highest BCUT2D eigenvalue weighted by Gasteiger charge is 2.23. The number of para-hydroxylation sites is 2. The van der Waals surface area contributed by atoms with Gasteiger partial charge >= 0.3 is 0 Å². The summed E-state index contributed by atoms with van der Waals surface area (Å²) in [7, 11) is 0. The molecule has 0 aromatic heterocycles. The molecule has 0 aliphatic carbocycles. The van der Waals surface area contributed by atoms with Crippen molar-refractivity contribution in [3.63, 3.8) is 0 Å². The lowest BCUT2D eigenvalue weighted by atomic mass is 9.85. The molecule has 0 fully saturated rings. The van der Waals surface area contributed by atoms with E-state index in [-0.39, 0.29) is 0 Å². The summed E-state index contributed by atoms with van der Waals surface area (Å²) in [4.78, 5) is 2.42. The van der Waals surface area contributed by atoms with Crippen LogP contribution in [0, 0.1) is 0 Å². The predicted molar refractivity (Wildman–Crippen MR) is 194 cm³/mol. The summed E-state index contributed by atoms with van der Waals surface area (Å²) >= 11 is 0. The van der Waals surface area contributed by atoms with E-state index in [0.29, 0.717) is 0 Å². The van der Waals surface area contributed by atoms with Crippen molar-refractivity contribution in [3.8, 4) is 11.1 Å². The van der Waals surface area contributed by atoms with Gasteiger partial charge in [0.1, 0.15) is 0 Å². The lowest BCUT2D eigenvalue weighted by Gasteiger charge is -2.29. The standard InChI is InChI=1S/C44H29N/c1-3-18-33(19-4-1)45(34-20-5-2-6-21-34)44-38-25-13-11-23-36(38)43(37-24-12-14-26-39(37)44)42-29-32-17-9-10-22-35(32)40-27-30-15-7-8-16-31(30)28-41(40)42/h1-29H. The Morgan fingerprint density at radius 1 is 0.289 bits per heavy atom. The molecule has 0 saturated heterocycles. The van der Waals surface area contributed by atoms with Crippen molar-refractivity contribution in [2.75, 3.05) is 4.90 Å². The molecule has 0 aliphatic rings. The molecule has 45 heavy (non-hydrogen) atoms. The van der Waals surface area contributed by atoms with Crippen LogP contribution in [0.2, 0.25) is 0 Å². The third-order valence-corrected chi connectivity index (χ3v) is 9.15. The van der Waals surface area contributed by atoms with Crippen LogP contribution in [0.5, 0.6) is 0 Å². The summed E-state index contributed by atoms with van der Waals surface area (Å²) in [5.41, 5.74) is 6.00. The first-order valence-electron chi connectivity index (χ1n) is 15.5. The SMILES string of the molecule is c1ccc(N(c2ccccc2)c2c3ccccc3c(-c3cc4ccccc4c4cc5ccccc5cc34)c3ccccc23)cc1. The number of benzene rings is 9. The molecule has 210 valence electrons. The van der Waals surface area contributed by atoms with E-state index in [1.807, 2.05) is 0 Å². The Bertz CT molecular complexity index is 2430. The maximum Gasteiger partial charge on any atom is 0.0618 e. The summed E-state index contributed by atoms with van der Waals surface area (Å²) in [5, 5.41) is 12.6. The van der Waals surface area contributed by atoms with Crippen LogP contribution in [0.3, 0.4) is 0 Å². The Morgan fingerprint density at radius 2 is 0.711 bits per heavy atom. The van der Waals surface area contributed by atoms with Gasteiger partial charge in [-0.1, -0.05) is 133 Å². The zero-order valence-electron chi connectivity index (χ0n) is 24.7. The highest BCUT2D eigenvalue weighted by Crippen LogP contribution is 2.49. The Kier molecular flexibility index (Phi) is 5.89. The van der Waals surface area contributed by atoms with Gasteiger partial charge < -0.3 is 4.90 Å². The minimum Gasteiger partial charge on any atom is -0.309 e. The van der Waals surface area contributed by atoms with Crippen molar-refractivity contribution in [2.45, 2.75) is 0 Å². The fourth-order valence-corrected chi connectivity index (χ4v) is 7.19.